The molecule has 0 saturated carbocycles. The van der Waals surface area contributed by atoms with Crippen LogP contribution in [0.4, 0.5) is 28.4 Å². The van der Waals surface area contributed by atoms with Gasteiger partial charge in [0.25, 0.3) is 11.6 Å². The van der Waals surface area contributed by atoms with Gasteiger partial charge < -0.3 is 24.5 Å². The van der Waals surface area contributed by atoms with Gasteiger partial charge in [0.2, 0.25) is 5.36 Å². The van der Waals surface area contributed by atoms with Crippen molar-refractivity contribution in [3.63, 3.8) is 0 Å². The number of carbonyl (C=O) groups is 1. The number of hydrogen-bond donors (Lipinski definition) is 1. The number of nitro groups is 1. The molecule has 0 unspecified atom stereocenters. The molecule has 0 bridgehead atoms. The molecule has 0 aromatic heterocycles. The Hall–Kier alpha value is -7.08. The van der Waals surface area contributed by atoms with Gasteiger partial charge in [0.15, 0.2) is 5.54 Å². The number of piperazine rings is 1. The van der Waals surface area contributed by atoms with Crippen molar-refractivity contribution in [1.29, 1.82) is 0 Å². The summed E-state index contributed by atoms with van der Waals surface area (Å²) in [6.45, 7) is 23.7. The van der Waals surface area contributed by atoms with Crippen LogP contribution in [0.1, 0.15) is 119 Å². The van der Waals surface area contributed by atoms with E-state index < -0.39 is 4.92 Å². The second-order valence-electron chi connectivity index (χ2n) is 20.1. The summed E-state index contributed by atoms with van der Waals surface area (Å²) in [6, 6.07) is 26.7. The first-order valence-electron chi connectivity index (χ1n) is 24.5. The van der Waals surface area contributed by atoms with Crippen LogP contribution in [0.25, 0.3) is 16.7 Å². The third-order valence-corrected chi connectivity index (χ3v) is 14.5. The lowest BCUT2D eigenvalue weighted by Crippen LogP contribution is -2.50. The molecule has 69 heavy (non-hydrogen) atoms. The summed E-state index contributed by atoms with van der Waals surface area (Å²) in [7, 11) is 0. The predicted octanol–water partition coefficient (Wildman–Crippen LogP) is 11.6. The molecule has 1 amide bonds. The van der Waals surface area contributed by atoms with E-state index in [2.05, 4.69) is 122 Å². The Bertz CT molecular complexity index is 3140. The number of carbonyl (C=O) groups excluding carboxylic acids is 1. The van der Waals surface area contributed by atoms with Crippen LogP contribution in [-0.4, -0.2) is 71.2 Å². The van der Waals surface area contributed by atoms with E-state index in [9.17, 15) is 15.2 Å². The number of amides is 1. The second kappa shape index (κ2) is 18.4. The number of anilines is 2. The monoisotopic (exact) mass is 926 g/mol. The van der Waals surface area contributed by atoms with Crippen LogP contribution in [0.2, 0.25) is 0 Å². The molecule has 356 valence electrons. The molecule has 4 aliphatic heterocycles. The topological polar surface area (TPSA) is 127 Å². The number of non-ortho nitro benzene ring substituents is 1. The maximum Gasteiger partial charge on any atom is 0.271 e. The van der Waals surface area contributed by atoms with Crippen LogP contribution >= 0.6 is 0 Å². The number of ether oxygens (including phenoxy) is 1. The lowest BCUT2D eigenvalue weighted by Gasteiger charge is -2.43. The van der Waals surface area contributed by atoms with Gasteiger partial charge in [-0.15, -0.1) is 10.2 Å². The first kappa shape index (κ1) is 47.0. The van der Waals surface area contributed by atoms with Crippen LogP contribution in [0.15, 0.2) is 107 Å². The Kier molecular flexibility index (Phi) is 12.6. The number of fused-ring (bicyclic) bond motifs is 4. The number of aromatic hydroxyl groups is 1. The highest BCUT2D eigenvalue weighted by molar-refractivity contribution is 6.03. The fourth-order valence-corrected chi connectivity index (χ4v) is 11.0. The van der Waals surface area contributed by atoms with Gasteiger partial charge in [-0.05, 0) is 107 Å². The van der Waals surface area contributed by atoms with Crippen LogP contribution in [-0.2, 0) is 0 Å². The molecule has 12 nitrogen and oxygen atoms in total. The van der Waals surface area contributed by atoms with Gasteiger partial charge in [0, 0.05) is 122 Å². The lowest BCUT2D eigenvalue weighted by molar-refractivity contribution is -0.384. The SMILES string of the molecule is CCCCCC[N+]1=c2cc3c(cc2C(C)=CC1(C)C)=C(c1ccccc1C(=O)N1CCN(c2ccc(N=Nc4cc([N+](=O)[O-])ccc4C)c(O)c2)CC1)c1cc2c(cc1O3)N(CC)C(C)(C)C=C2C. The number of likely N-dealkylation sites (N-methyl/N-ethyl adjacent to an activating group) is 1. The van der Waals surface area contributed by atoms with Gasteiger partial charge in [0.05, 0.1) is 22.2 Å². The first-order chi connectivity index (χ1) is 33.0. The van der Waals surface area contributed by atoms with E-state index in [0.29, 0.717) is 37.4 Å². The van der Waals surface area contributed by atoms with E-state index in [1.54, 1.807) is 25.1 Å². The number of allylic oxidation sites excluding steroid dienone is 2. The summed E-state index contributed by atoms with van der Waals surface area (Å²) in [5.74, 6) is 1.47. The number of unbranched alkanes of at least 4 members (excludes halogenated alkanes) is 3. The molecule has 5 aromatic carbocycles. The van der Waals surface area contributed by atoms with Crippen LogP contribution in [0, 0.1) is 17.0 Å². The number of nitrogens with zero attached hydrogens (tertiary/aromatic N) is 7. The molecule has 0 aliphatic carbocycles. The van der Waals surface area contributed by atoms with Gasteiger partial charge in [-0.1, -0.05) is 50.1 Å². The third-order valence-electron chi connectivity index (χ3n) is 14.5. The minimum atomic E-state index is -0.474. The molecule has 1 N–H and O–H groups in total. The molecule has 4 heterocycles. The Morgan fingerprint density at radius 1 is 0.783 bits per heavy atom. The van der Waals surface area contributed by atoms with E-state index >= 15 is 4.79 Å². The van der Waals surface area contributed by atoms with E-state index in [1.165, 1.54) is 53.5 Å². The molecule has 4 aliphatic rings. The molecule has 1 fully saturated rings. The molecule has 0 atom stereocenters. The van der Waals surface area contributed by atoms with Gasteiger partial charge in [0.1, 0.15) is 29.5 Å². The van der Waals surface area contributed by atoms with Crippen molar-refractivity contribution in [2.75, 3.05) is 49.1 Å². The average molecular weight is 927 g/mol. The summed E-state index contributed by atoms with van der Waals surface area (Å²) in [4.78, 5) is 32.4. The van der Waals surface area contributed by atoms with Gasteiger partial charge >= 0.3 is 0 Å². The summed E-state index contributed by atoms with van der Waals surface area (Å²) in [5.41, 5.74) is 11.1. The van der Waals surface area contributed by atoms with E-state index in [-0.39, 0.29) is 34.1 Å². The number of phenolic OH excluding ortho intramolecular Hbond substituents is 1. The summed E-state index contributed by atoms with van der Waals surface area (Å²) >= 11 is 0. The number of rotatable bonds is 12. The standard InChI is InChI=1S/C57H63N7O5/c1-10-12-13-16-23-63-50-33-53-46(31-44(50)38(5)35-57(63,8)9)54(45-30-43-37(4)34-56(6,7)62(11-2)49(43)32-52(45)69-53)41-17-14-15-18-42(41)55(66)61-26-24-60(25-27-61)39-21-22-47(51(65)29-39)58-59-48-28-40(64(67)68)20-19-36(48)3/h14-15,17-22,28-35H,10-13,16,23-27H2,1-9H3/p+1. The quantitative estimate of drug-likeness (QED) is 0.0426. The Morgan fingerprint density at radius 3 is 2.25 bits per heavy atom. The second-order valence-corrected chi connectivity index (χ2v) is 20.1. The summed E-state index contributed by atoms with van der Waals surface area (Å²) < 4.78 is 9.67. The third kappa shape index (κ3) is 8.81. The molecule has 12 heteroatoms. The van der Waals surface area contributed by atoms with Crippen molar-refractivity contribution in [2.24, 2.45) is 10.2 Å². The fourth-order valence-electron chi connectivity index (χ4n) is 11.0. The molecule has 0 spiro atoms. The zero-order valence-corrected chi connectivity index (χ0v) is 41.5. The van der Waals surface area contributed by atoms with Crippen LogP contribution in [0.3, 0.4) is 0 Å². The molecule has 5 aromatic rings. The van der Waals surface area contributed by atoms with Gasteiger partial charge in [-0.2, -0.15) is 0 Å². The summed E-state index contributed by atoms with van der Waals surface area (Å²) in [5, 5.41) is 32.9. The van der Waals surface area contributed by atoms with Crippen molar-refractivity contribution in [1.82, 2.24) is 9.48 Å². The Morgan fingerprint density at radius 2 is 1.52 bits per heavy atom. The van der Waals surface area contributed by atoms with Gasteiger partial charge in [-0.25, -0.2) is 4.58 Å². The number of phenols is 1. The zero-order valence-electron chi connectivity index (χ0n) is 41.5. The minimum absolute atomic E-state index is 0.0376. The van der Waals surface area contributed by atoms with E-state index in [1.807, 2.05) is 29.2 Å². The Labute approximate surface area is 405 Å². The Balaban J connectivity index is 1.08. The number of aryl methyl sites for hydroxylation is 1. The summed E-state index contributed by atoms with van der Waals surface area (Å²) in [6.07, 6.45) is 9.46. The largest absolute Gasteiger partial charge is 0.506 e. The van der Waals surface area contributed by atoms with Crippen molar-refractivity contribution < 1.29 is 19.6 Å². The molecule has 0 radical (unpaired) electrons. The number of hydrogen-bond acceptors (Lipinski definition) is 9. The average Bonchev–Trinajstić information content (AvgIpc) is 3.31. The minimum Gasteiger partial charge on any atom is -0.506 e. The number of benzene rings is 5. The zero-order chi connectivity index (χ0) is 48.9. The molecule has 9 rings (SSSR count). The molecular weight excluding hydrogens is 863 g/mol. The smallest absolute Gasteiger partial charge is 0.271 e. The van der Waals surface area contributed by atoms with Crippen molar-refractivity contribution in [3.05, 3.63) is 151 Å². The fraction of sp³-hybridized carbons (Fsp3) is 0.368. The van der Waals surface area contributed by atoms with Crippen molar-refractivity contribution in [3.8, 4) is 17.2 Å². The van der Waals surface area contributed by atoms with Crippen LogP contribution in [0.5, 0.6) is 17.2 Å². The van der Waals surface area contributed by atoms with Crippen LogP contribution < -0.4 is 29.7 Å². The number of nitro benzene ring substituents is 1. The maximum absolute atomic E-state index is 15.0. The molecular formula is C57H64N7O5+. The van der Waals surface area contributed by atoms with Crippen molar-refractivity contribution in [2.45, 2.75) is 99.1 Å². The first-order valence-corrected chi connectivity index (χ1v) is 24.5. The highest BCUT2D eigenvalue weighted by Gasteiger charge is 2.37. The normalized spacial score (nSPS) is 16.9. The predicted molar refractivity (Wildman–Crippen MR) is 277 cm³/mol. The maximum atomic E-state index is 15.0. The van der Waals surface area contributed by atoms with Crippen molar-refractivity contribution >= 4 is 51.1 Å². The highest BCUT2D eigenvalue weighted by atomic mass is 16.6. The highest BCUT2D eigenvalue weighted by Crippen LogP contribution is 2.47. The molecule has 1 saturated heterocycles. The number of azo groups is 1. The van der Waals surface area contributed by atoms with E-state index in [4.69, 9.17) is 4.74 Å². The lowest BCUT2D eigenvalue weighted by atomic mass is 9.83. The van der Waals surface area contributed by atoms with Gasteiger partial charge in [-0.3, -0.25) is 14.9 Å². The van der Waals surface area contributed by atoms with E-state index in [0.717, 1.165) is 75.4 Å².